The molecule has 0 N–H and O–H groups in total. The van der Waals surface area contributed by atoms with Crippen LogP contribution in [-0.4, -0.2) is 26.9 Å². The highest BCUT2D eigenvalue weighted by atomic mass is 35.5. The van der Waals surface area contributed by atoms with Gasteiger partial charge in [0.25, 0.3) is 11.5 Å². The zero-order valence-electron chi connectivity index (χ0n) is 18.6. The van der Waals surface area contributed by atoms with Crippen LogP contribution in [0.4, 0.5) is 8.78 Å². The number of halogens is 3. The van der Waals surface area contributed by atoms with Gasteiger partial charge in [-0.15, -0.1) is 0 Å². The maximum absolute atomic E-state index is 13.9. The smallest absolute Gasteiger partial charge is 0.266 e. The number of fused-ring (bicyclic) bond motifs is 1. The summed E-state index contributed by atoms with van der Waals surface area (Å²) in [7, 11) is 0. The molecular weight excluding hydrogens is 460 g/mol. The molecule has 0 bridgehead atoms. The molecule has 4 aromatic rings. The highest BCUT2D eigenvalue weighted by molar-refractivity contribution is 6.30. The first kappa shape index (κ1) is 23.6. The van der Waals surface area contributed by atoms with Crippen molar-refractivity contribution in [3.05, 3.63) is 105 Å². The highest BCUT2D eigenvalue weighted by Crippen LogP contribution is 2.28. The number of nitrogens with zero attached hydrogens (tertiary/aromatic N) is 3. The van der Waals surface area contributed by atoms with Gasteiger partial charge in [0.05, 0.1) is 27.7 Å². The second-order valence-corrected chi connectivity index (χ2v) is 8.16. The van der Waals surface area contributed by atoms with Crippen LogP contribution < -0.4 is 5.56 Å². The lowest BCUT2D eigenvalue weighted by Crippen LogP contribution is -2.38. The molecule has 8 heteroatoms. The molecule has 0 aliphatic heterocycles. The molecular formula is C26H22ClF2N3O2. The van der Waals surface area contributed by atoms with E-state index < -0.39 is 17.7 Å². The Balaban J connectivity index is 1.94. The van der Waals surface area contributed by atoms with Gasteiger partial charge in [-0.3, -0.25) is 14.2 Å². The van der Waals surface area contributed by atoms with Gasteiger partial charge in [-0.05, 0) is 67.9 Å². The van der Waals surface area contributed by atoms with Crippen LogP contribution in [0.25, 0.3) is 16.6 Å². The number of rotatable bonds is 6. The van der Waals surface area contributed by atoms with Gasteiger partial charge < -0.3 is 4.90 Å². The third-order valence-corrected chi connectivity index (χ3v) is 6.01. The second kappa shape index (κ2) is 9.73. The quantitative estimate of drug-likeness (QED) is 0.343. The fraction of sp³-hybridized carbons (Fsp3) is 0.192. The van der Waals surface area contributed by atoms with Gasteiger partial charge >= 0.3 is 0 Å². The SMILES string of the molecule is CCC(c1nc2ccccc2c(=O)n1-c1ccc(F)c(Cl)c1)N(CC)C(=O)c1ccc(F)cc1. The minimum atomic E-state index is -0.609. The predicted octanol–water partition coefficient (Wildman–Crippen LogP) is 5.93. The monoisotopic (exact) mass is 481 g/mol. The molecule has 3 aromatic carbocycles. The lowest BCUT2D eigenvalue weighted by Gasteiger charge is -2.31. The molecule has 0 aliphatic carbocycles. The number of carbonyl (C=O) groups is 1. The van der Waals surface area contributed by atoms with Crippen LogP contribution >= 0.6 is 11.6 Å². The van der Waals surface area contributed by atoms with Crippen molar-refractivity contribution in [1.29, 1.82) is 0 Å². The third-order valence-electron chi connectivity index (χ3n) is 5.72. The van der Waals surface area contributed by atoms with Crippen LogP contribution in [0.3, 0.4) is 0 Å². The Kier molecular flexibility index (Phi) is 6.75. The Labute approximate surface area is 200 Å². The molecule has 0 fully saturated rings. The number of benzene rings is 3. The molecule has 1 atom stereocenters. The fourth-order valence-corrected chi connectivity index (χ4v) is 4.23. The Bertz CT molecular complexity index is 1420. The first-order chi connectivity index (χ1) is 16.3. The van der Waals surface area contributed by atoms with Crippen LogP contribution in [0, 0.1) is 11.6 Å². The summed E-state index contributed by atoms with van der Waals surface area (Å²) in [5.41, 5.74) is 0.789. The van der Waals surface area contributed by atoms with Gasteiger partial charge in [0.1, 0.15) is 17.5 Å². The normalized spacial score (nSPS) is 12.0. The van der Waals surface area contributed by atoms with Crippen molar-refractivity contribution in [3.8, 4) is 5.69 Å². The Hall–Kier alpha value is -3.58. The first-order valence-corrected chi connectivity index (χ1v) is 11.3. The number of aromatic nitrogens is 2. The third kappa shape index (κ3) is 4.31. The van der Waals surface area contributed by atoms with Crippen LogP contribution in [-0.2, 0) is 0 Å². The largest absolute Gasteiger partial charge is 0.329 e. The van der Waals surface area contributed by atoms with E-state index in [0.717, 1.165) is 0 Å². The van der Waals surface area contributed by atoms with Crippen molar-refractivity contribution in [2.24, 2.45) is 0 Å². The van der Waals surface area contributed by atoms with Gasteiger partial charge in [-0.25, -0.2) is 13.8 Å². The van der Waals surface area contributed by atoms with Gasteiger partial charge in [-0.2, -0.15) is 0 Å². The Morgan fingerprint density at radius 3 is 2.41 bits per heavy atom. The Morgan fingerprint density at radius 1 is 1.06 bits per heavy atom. The van der Waals surface area contributed by atoms with E-state index in [-0.39, 0.29) is 16.5 Å². The van der Waals surface area contributed by atoms with Gasteiger partial charge in [-0.1, -0.05) is 30.7 Å². The molecule has 5 nitrogen and oxygen atoms in total. The Morgan fingerprint density at radius 2 is 1.76 bits per heavy atom. The summed E-state index contributed by atoms with van der Waals surface area (Å²) in [6.45, 7) is 4.03. The molecule has 34 heavy (non-hydrogen) atoms. The number of amides is 1. The van der Waals surface area contributed by atoms with Crippen molar-refractivity contribution in [1.82, 2.24) is 14.5 Å². The summed E-state index contributed by atoms with van der Waals surface area (Å²) in [6.07, 6.45) is 0.445. The van der Waals surface area contributed by atoms with Crippen molar-refractivity contribution < 1.29 is 13.6 Å². The van der Waals surface area contributed by atoms with Gasteiger partial charge in [0.2, 0.25) is 0 Å². The molecule has 0 saturated heterocycles. The van der Waals surface area contributed by atoms with Gasteiger partial charge in [0.15, 0.2) is 0 Å². The number of hydrogen-bond donors (Lipinski definition) is 0. The highest BCUT2D eigenvalue weighted by Gasteiger charge is 2.29. The van der Waals surface area contributed by atoms with E-state index in [2.05, 4.69) is 0 Å². The molecule has 1 amide bonds. The molecule has 1 unspecified atom stereocenters. The number of para-hydroxylation sites is 1. The van der Waals surface area contributed by atoms with E-state index in [9.17, 15) is 18.4 Å². The summed E-state index contributed by atoms with van der Waals surface area (Å²) in [6, 6.07) is 15.6. The predicted molar refractivity (Wildman–Crippen MR) is 128 cm³/mol. The van der Waals surface area contributed by atoms with Gasteiger partial charge in [0, 0.05) is 12.1 Å². The average Bonchev–Trinajstić information content (AvgIpc) is 2.84. The topological polar surface area (TPSA) is 55.2 Å². The zero-order chi connectivity index (χ0) is 24.4. The van der Waals surface area contributed by atoms with Crippen molar-refractivity contribution in [2.45, 2.75) is 26.3 Å². The summed E-state index contributed by atoms with van der Waals surface area (Å²) >= 11 is 6.03. The molecule has 0 spiro atoms. The molecule has 174 valence electrons. The van der Waals surface area contributed by atoms with Crippen molar-refractivity contribution in [3.63, 3.8) is 0 Å². The van der Waals surface area contributed by atoms with E-state index >= 15 is 0 Å². The lowest BCUT2D eigenvalue weighted by atomic mass is 10.1. The van der Waals surface area contributed by atoms with Crippen LogP contribution in [0.2, 0.25) is 5.02 Å². The van der Waals surface area contributed by atoms with E-state index in [1.807, 2.05) is 13.8 Å². The summed E-state index contributed by atoms with van der Waals surface area (Å²) in [5, 5.41) is 0.251. The molecule has 1 aromatic heterocycles. The lowest BCUT2D eigenvalue weighted by molar-refractivity contribution is 0.0672. The summed E-state index contributed by atoms with van der Waals surface area (Å²) < 4.78 is 28.7. The van der Waals surface area contributed by atoms with Crippen molar-refractivity contribution in [2.75, 3.05) is 6.54 Å². The fourth-order valence-electron chi connectivity index (χ4n) is 4.05. The minimum Gasteiger partial charge on any atom is -0.329 e. The summed E-state index contributed by atoms with van der Waals surface area (Å²) in [5.74, 6) is -1.04. The maximum Gasteiger partial charge on any atom is 0.266 e. The van der Waals surface area contributed by atoms with E-state index in [1.165, 1.54) is 47.0 Å². The molecule has 4 rings (SSSR count). The molecule has 1 heterocycles. The van der Waals surface area contributed by atoms with Crippen LogP contribution in [0.15, 0.2) is 71.5 Å². The standard InChI is InChI=1S/C26H22ClF2N3O2/c1-3-23(31(4-2)25(33)16-9-11-17(28)12-10-16)24-30-22-8-6-5-7-19(22)26(34)32(24)18-13-14-21(29)20(27)15-18/h5-15,23H,3-4H2,1-2H3. The van der Waals surface area contributed by atoms with Crippen LogP contribution in [0.1, 0.15) is 42.5 Å². The maximum atomic E-state index is 13.9. The van der Waals surface area contributed by atoms with E-state index in [4.69, 9.17) is 16.6 Å². The minimum absolute atomic E-state index is 0.133. The number of hydrogen-bond acceptors (Lipinski definition) is 3. The molecule has 0 radical (unpaired) electrons. The van der Waals surface area contributed by atoms with E-state index in [0.29, 0.717) is 40.9 Å². The van der Waals surface area contributed by atoms with E-state index in [1.54, 1.807) is 29.2 Å². The average molecular weight is 482 g/mol. The number of carbonyl (C=O) groups excluding carboxylic acids is 1. The zero-order valence-corrected chi connectivity index (χ0v) is 19.4. The molecule has 0 aliphatic rings. The summed E-state index contributed by atoms with van der Waals surface area (Å²) in [4.78, 5) is 33.3. The van der Waals surface area contributed by atoms with Crippen LogP contribution in [0.5, 0.6) is 0 Å². The second-order valence-electron chi connectivity index (χ2n) is 7.75. The van der Waals surface area contributed by atoms with Crippen molar-refractivity contribution >= 4 is 28.4 Å². The first-order valence-electron chi connectivity index (χ1n) is 10.9. The molecule has 0 saturated carbocycles.